The normalized spacial score (nSPS) is 30.7. The molecule has 0 radical (unpaired) electrons. The van der Waals surface area contributed by atoms with E-state index in [1.165, 1.54) is 0 Å². The number of rotatable bonds is 10. The zero-order chi connectivity index (χ0) is 27.1. The van der Waals surface area contributed by atoms with E-state index in [4.69, 9.17) is 4.74 Å². The zero-order valence-electron chi connectivity index (χ0n) is 22.2. The molecule has 3 saturated heterocycles. The van der Waals surface area contributed by atoms with Gasteiger partial charge in [0.25, 0.3) is 5.91 Å². The molecule has 2 bridgehead atoms. The number of carbonyl (C=O) groups excluding carboxylic acids is 3. The summed E-state index contributed by atoms with van der Waals surface area (Å²) in [6, 6.07) is 4.57. The van der Waals surface area contributed by atoms with Crippen LogP contribution in [0.15, 0.2) is 43.5 Å². The molecular formula is C29H38N2O5S. The summed E-state index contributed by atoms with van der Waals surface area (Å²) in [7, 11) is 0. The van der Waals surface area contributed by atoms with Crippen molar-refractivity contribution in [3.05, 3.63) is 54.6 Å². The first-order valence-electron chi connectivity index (χ1n) is 13.0. The van der Waals surface area contributed by atoms with Crippen molar-refractivity contribution in [2.45, 2.75) is 68.5 Å². The van der Waals surface area contributed by atoms with Crippen molar-refractivity contribution in [3.63, 3.8) is 0 Å². The van der Waals surface area contributed by atoms with E-state index in [0.29, 0.717) is 19.3 Å². The Morgan fingerprint density at radius 2 is 2.03 bits per heavy atom. The van der Waals surface area contributed by atoms with Gasteiger partial charge in [0, 0.05) is 17.0 Å². The summed E-state index contributed by atoms with van der Waals surface area (Å²) < 4.78 is 4.32. The van der Waals surface area contributed by atoms with Crippen LogP contribution in [0.25, 0.3) is 0 Å². The van der Waals surface area contributed by atoms with Gasteiger partial charge < -0.3 is 19.6 Å². The molecule has 8 heteroatoms. The molecule has 4 rings (SSSR count). The van der Waals surface area contributed by atoms with E-state index in [2.05, 4.69) is 13.2 Å². The highest BCUT2D eigenvalue weighted by Gasteiger charge is 2.78. The maximum absolute atomic E-state index is 14.6. The van der Waals surface area contributed by atoms with Gasteiger partial charge in [-0.3, -0.25) is 14.4 Å². The average molecular weight is 527 g/mol. The summed E-state index contributed by atoms with van der Waals surface area (Å²) in [6.45, 7) is 15.5. The predicted octanol–water partition coefficient (Wildman–Crippen LogP) is 3.80. The third-order valence-electron chi connectivity index (χ3n) is 8.24. The standard InChI is InChI=1S/C29H38N2O5S/c1-7-9-15-36-27(35)23-22-25(33)31(20(5)17-32)24(29(22)13-12-28(23,6)37-29)26(34)30(14-8-2)21-16-18(3)10-11-19(21)4/h7-8,10-11,16,20,22-24,32H,1-2,9,12-15,17H2,3-6H3/t20-,22+,23+,24?,28-,29?/m1/s1. The number of amides is 2. The van der Waals surface area contributed by atoms with E-state index < -0.39 is 33.4 Å². The molecule has 1 spiro atoms. The number of aryl methyl sites for hydroxylation is 2. The molecule has 0 aliphatic carbocycles. The van der Waals surface area contributed by atoms with Gasteiger partial charge in [0.2, 0.25) is 5.91 Å². The van der Waals surface area contributed by atoms with E-state index in [1.54, 1.807) is 40.6 Å². The second-order valence-corrected chi connectivity index (χ2v) is 12.7. The van der Waals surface area contributed by atoms with E-state index in [0.717, 1.165) is 16.8 Å². The van der Waals surface area contributed by atoms with Crippen LogP contribution in [-0.2, 0) is 19.1 Å². The van der Waals surface area contributed by atoms with Gasteiger partial charge in [-0.25, -0.2) is 0 Å². The molecule has 1 N–H and O–H groups in total. The maximum atomic E-state index is 14.6. The molecule has 2 amide bonds. The van der Waals surface area contributed by atoms with Crippen molar-refractivity contribution >= 4 is 35.2 Å². The Bertz CT molecular complexity index is 1120. The van der Waals surface area contributed by atoms with Crippen molar-refractivity contribution in [1.29, 1.82) is 0 Å². The van der Waals surface area contributed by atoms with Gasteiger partial charge in [-0.15, -0.1) is 24.9 Å². The van der Waals surface area contributed by atoms with Gasteiger partial charge in [0.15, 0.2) is 0 Å². The average Bonchev–Trinajstić information content (AvgIpc) is 3.44. The lowest BCUT2D eigenvalue weighted by atomic mass is 9.66. The molecule has 7 nitrogen and oxygen atoms in total. The number of ether oxygens (including phenoxy) is 1. The van der Waals surface area contributed by atoms with Crippen molar-refractivity contribution in [2.24, 2.45) is 11.8 Å². The van der Waals surface area contributed by atoms with Gasteiger partial charge >= 0.3 is 5.97 Å². The third-order valence-corrected chi connectivity index (χ3v) is 10.2. The molecule has 6 atom stereocenters. The summed E-state index contributed by atoms with van der Waals surface area (Å²) in [6.07, 6.45) is 5.26. The Labute approximate surface area is 223 Å². The van der Waals surface area contributed by atoms with Crippen LogP contribution in [0.4, 0.5) is 5.69 Å². The van der Waals surface area contributed by atoms with Gasteiger partial charge in [-0.05, 0) is 64.2 Å². The minimum Gasteiger partial charge on any atom is -0.465 e. The molecule has 0 aromatic heterocycles. The number of benzene rings is 1. The minimum atomic E-state index is -0.815. The fourth-order valence-corrected chi connectivity index (χ4v) is 8.82. The lowest BCUT2D eigenvalue weighted by Gasteiger charge is -2.39. The largest absolute Gasteiger partial charge is 0.465 e. The lowest BCUT2D eigenvalue weighted by Crippen LogP contribution is -2.57. The number of likely N-dealkylation sites (tertiary alicyclic amines) is 1. The molecule has 200 valence electrons. The quantitative estimate of drug-likeness (QED) is 0.284. The molecular weight excluding hydrogens is 488 g/mol. The minimum absolute atomic E-state index is 0.206. The van der Waals surface area contributed by atoms with Gasteiger partial charge in [0.1, 0.15) is 6.04 Å². The molecule has 37 heavy (non-hydrogen) atoms. The molecule has 3 aliphatic heterocycles. The maximum Gasteiger partial charge on any atom is 0.311 e. The smallest absolute Gasteiger partial charge is 0.311 e. The number of anilines is 1. The summed E-state index contributed by atoms with van der Waals surface area (Å²) in [5.41, 5.74) is 2.74. The number of esters is 1. The highest BCUT2D eigenvalue weighted by atomic mass is 32.2. The van der Waals surface area contributed by atoms with Crippen LogP contribution in [-0.4, -0.2) is 69.1 Å². The number of aliphatic hydroxyl groups is 1. The summed E-state index contributed by atoms with van der Waals surface area (Å²) >= 11 is 1.60. The van der Waals surface area contributed by atoms with Crippen LogP contribution >= 0.6 is 11.8 Å². The molecule has 3 fully saturated rings. The lowest BCUT2D eigenvalue weighted by molar-refractivity contribution is -0.155. The molecule has 0 saturated carbocycles. The summed E-state index contributed by atoms with van der Waals surface area (Å²) in [4.78, 5) is 45.3. The Morgan fingerprint density at radius 3 is 2.68 bits per heavy atom. The van der Waals surface area contributed by atoms with Crippen LogP contribution < -0.4 is 4.90 Å². The summed E-state index contributed by atoms with van der Waals surface area (Å²) in [5.74, 6) is -2.18. The first-order chi connectivity index (χ1) is 17.6. The van der Waals surface area contributed by atoms with E-state index in [-0.39, 0.29) is 37.5 Å². The number of aliphatic hydroxyl groups excluding tert-OH is 1. The fraction of sp³-hybridized carbons (Fsp3) is 0.552. The fourth-order valence-electron chi connectivity index (χ4n) is 6.49. The molecule has 3 heterocycles. The highest BCUT2D eigenvalue weighted by molar-refractivity contribution is 8.02. The second-order valence-electron chi connectivity index (χ2n) is 10.8. The van der Waals surface area contributed by atoms with Crippen LogP contribution in [0.5, 0.6) is 0 Å². The van der Waals surface area contributed by atoms with Crippen LogP contribution in [0.1, 0.15) is 44.2 Å². The van der Waals surface area contributed by atoms with Gasteiger partial charge in [0.05, 0.1) is 35.8 Å². The number of hydrogen-bond acceptors (Lipinski definition) is 6. The van der Waals surface area contributed by atoms with Crippen LogP contribution in [0.3, 0.4) is 0 Å². The Hall–Kier alpha value is -2.58. The van der Waals surface area contributed by atoms with Gasteiger partial charge in [-0.1, -0.05) is 24.3 Å². The SMILES string of the molecule is C=CCCOC(=O)[C@@H]1[C@H]2C(=O)N([C@H](C)CO)C(C(=O)N(CC=C)c3cc(C)ccc3C)C23CC[C@@]1(C)S3. The number of thioether (sulfide) groups is 1. The monoisotopic (exact) mass is 526 g/mol. The molecule has 1 aromatic rings. The van der Waals surface area contributed by atoms with Crippen molar-refractivity contribution in [3.8, 4) is 0 Å². The number of fused-ring (bicyclic) bond motifs is 1. The topological polar surface area (TPSA) is 87.1 Å². The molecule has 2 unspecified atom stereocenters. The number of hydrogen-bond donors (Lipinski definition) is 1. The number of carbonyl (C=O) groups is 3. The van der Waals surface area contributed by atoms with E-state index in [1.807, 2.05) is 39.0 Å². The second kappa shape index (κ2) is 10.3. The zero-order valence-corrected chi connectivity index (χ0v) is 23.1. The van der Waals surface area contributed by atoms with Crippen molar-refractivity contribution in [1.82, 2.24) is 4.90 Å². The van der Waals surface area contributed by atoms with E-state index in [9.17, 15) is 19.5 Å². The van der Waals surface area contributed by atoms with Crippen molar-refractivity contribution < 1.29 is 24.2 Å². The number of nitrogens with zero attached hydrogens (tertiary/aromatic N) is 2. The molecule has 3 aliphatic rings. The Balaban J connectivity index is 1.81. The van der Waals surface area contributed by atoms with Gasteiger partial charge in [-0.2, -0.15) is 0 Å². The third kappa shape index (κ3) is 4.32. The summed E-state index contributed by atoms with van der Waals surface area (Å²) in [5, 5.41) is 10.1. The Kier molecular flexibility index (Phi) is 7.64. The highest BCUT2D eigenvalue weighted by Crippen LogP contribution is 2.71. The Morgan fingerprint density at radius 1 is 1.30 bits per heavy atom. The predicted molar refractivity (Wildman–Crippen MR) is 146 cm³/mol. The first-order valence-corrected chi connectivity index (χ1v) is 13.8. The molecule has 1 aromatic carbocycles. The van der Waals surface area contributed by atoms with Crippen LogP contribution in [0.2, 0.25) is 0 Å². The van der Waals surface area contributed by atoms with E-state index >= 15 is 0 Å². The van der Waals surface area contributed by atoms with Crippen molar-refractivity contribution in [2.75, 3.05) is 24.7 Å². The van der Waals surface area contributed by atoms with Crippen LogP contribution in [0, 0.1) is 25.7 Å². The first kappa shape index (κ1) is 27.5.